The second-order valence-electron chi connectivity index (χ2n) is 8.74. The molecule has 0 amide bonds. The summed E-state index contributed by atoms with van der Waals surface area (Å²) < 4.78 is 11.6. The van der Waals surface area contributed by atoms with Gasteiger partial charge in [0.15, 0.2) is 0 Å². The predicted molar refractivity (Wildman–Crippen MR) is 102 cm³/mol. The van der Waals surface area contributed by atoms with E-state index in [2.05, 4.69) is 13.8 Å². The number of nitrogens with zero attached hydrogens (tertiary/aromatic N) is 2. The third-order valence-electron chi connectivity index (χ3n) is 7.41. The molecule has 6 rings (SSSR count). The number of ether oxygens (including phenoxy) is 2. The Bertz CT molecular complexity index is 900. The minimum atomic E-state index is -0.00801. The zero-order valence-electron chi connectivity index (χ0n) is 16.3. The van der Waals surface area contributed by atoms with Crippen LogP contribution in [-0.4, -0.2) is 9.97 Å². The summed E-state index contributed by atoms with van der Waals surface area (Å²) in [6, 6.07) is 0. The first-order chi connectivity index (χ1) is 13.2. The highest BCUT2D eigenvalue weighted by Crippen LogP contribution is 2.51. The zero-order chi connectivity index (χ0) is 18.2. The van der Waals surface area contributed by atoms with E-state index in [0.717, 1.165) is 50.7 Å². The maximum atomic E-state index is 5.81. The van der Waals surface area contributed by atoms with Crippen LogP contribution in [0.2, 0.25) is 0 Å². The van der Waals surface area contributed by atoms with Gasteiger partial charge in [0.25, 0.3) is 0 Å². The topological polar surface area (TPSA) is 44.2 Å². The van der Waals surface area contributed by atoms with Gasteiger partial charge in [0.05, 0.1) is 43.2 Å². The fourth-order valence-corrected chi connectivity index (χ4v) is 6.11. The first kappa shape index (κ1) is 16.2. The molecule has 2 aromatic rings. The molecule has 2 aliphatic heterocycles. The molecule has 0 bridgehead atoms. The van der Waals surface area contributed by atoms with Gasteiger partial charge in [-0.05, 0) is 74.6 Å². The van der Waals surface area contributed by atoms with Crippen molar-refractivity contribution in [3.8, 4) is 0 Å². The Morgan fingerprint density at radius 1 is 0.630 bits per heavy atom. The molecular weight excluding hydrogens is 336 g/mol. The fourth-order valence-electron chi connectivity index (χ4n) is 6.11. The molecule has 4 heterocycles. The van der Waals surface area contributed by atoms with E-state index in [9.17, 15) is 0 Å². The molecule has 4 nitrogen and oxygen atoms in total. The number of hydrogen-bond acceptors (Lipinski definition) is 4. The van der Waals surface area contributed by atoms with Crippen molar-refractivity contribution in [1.82, 2.24) is 9.97 Å². The number of fused-ring (bicyclic) bond motifs is 8. The lowest BCUT2D eigenvalue weighted by atomic mass is 9.62. The van der Waals surface area contributed by atoms with Crippen LogP contribution in [0.5, 0.6) is 0 Å². The van der Waals surface area contributed by atoms with E-state index in [1.165, 1.54) is 70.5 Å². The van der Waals surface area contributed by atoms with E-state index < -0.39 is 0 Å². The largest absolute Gasteiger partial charge is 0.372 e. The van der Waals surface area contributed by atoms with Gasteiger partial charge < -0.3 is 9.47 Å². The highest BCUT2D eigenvalue weighted by Gasteiger charge is 2.46. The van der Waals surface area contributed by atoms with E-state index in [1.807, 2.05) is 0 Å². The molecule has 2 aromatic heterocycles. The maximum Gasteiger partial charge on any atom is 0.0742 e. The van der Waals surface area contributed by atoms with Crippen LogP contribution in [0.3, 0.4) is 0 Å². The molecule has 4 aliphatic rings. The Labute approximate surface area is 160 Å². The van der Waals surface area contributed by atoms with Gasteiger partial charge in [0, 0.05) is 22.5 Å². The molecule has 0 fully saturated rings. The lowest BCUT2D eigenvalue weighted by Crippen LogP contribution is -2.39. The van der Waals surface area contributed by atoms with Gasteiger partial charge >= 0.3 is 0 Å². The summed E-state index contributed by atoms with van der Waals surface area (Å²) in [5.74, 6) is 0. The fraction of sp³-hybridized carbons (Fsp3) is 0.565. The Morgan fingerprint density at radius 2 is 1.07 bits per heavy atom. The molecule has 0 N–H and O–H groups in total. The SMILES string of the molecule is Cc1nc2c(c3c1COC3)CCCC21CCCc2c1nc(C)c1c2COC1. The van der Waals surface area contributed by atoms with Gasteiger partial charge in [-0.15, -0.1) is 0 Å². The molecule has 4 heteroatoms. The Morgan fingerprint density at radius 3 is 1.56 bits per heavy atom. The van der Waals surface area contributed by atoms with Crippen molar-refractivity contribution in [3.05, 3.63) is 56.2 Å². The molecule has 0 radical (unpaired) electrons. The molecule has 1 spiro atoms. The predicted octanol–water partition coefficient (Wildman–Crippen LogP) is 4.11. The smallest absolute Gasteiger partial charge is 0.0742 e. The minimum Gasteiger partial charge on any atom is -0.372 e. The van der Waals surface area contributed by atoms with Gasteiger partial charge in [0.1, 0.15) is 0 Å². The van der Waals surface area contributed by atoms with Crippen LogP contribution in [0.25, 0.3) is 0 Å². The van der Waals surface area contributed by atoms with E-state index in [-0.39, 0.29) is 5.41 Å². The number of pyridine rings is 2. The summed E-state index contributed by atoms with van der Waals surface area (Å²) in [5, 5.41) is 0. The Hall–Kier alpha value is -1.78. The lowest BCUT2D eigenvalue weighted by molar-refractivity contribution is 0.133. The Kier molecular flexibility index (Phi) is 3.37. The molecule has 0 aromatic carbocycles. The lowest BCUT2D eigenvalue weighted by Gasteiger charge is -2.43. The zero-order valence-corrected chi connectivity index (χ0v) is 16.3. The first-order valence-corrected chi connectivity index (χ1v) is 10.4. The van der Waals surface area contributed by atoms with Crippen molar-refractivity contribution in [2.75, 3.05) is 0 Å². The normalized spacial score (nSPS) is 21.7. The van der Waals surface area contributed by atoms with Gasteiger partial charge in [-0.1, -0.05) is 0 Å². The summed E-state index contributed by atoms with van der Waals surface area (Å²) in [4.78, 5) is 10.5. The van der Waals surface area contributed by atoms with Gasteiger partial charge in [-0.25, -0.2) is 0 Å². The van der Waals surface area contributed by atoms with Gasteiger partial charge in [-0.3, -0.25) is 9.97 Å². The first-order valence-electron chi connectivity index (χ1n) is 10.4. The average molecular weight is 362 g/mol. The van der Waals surface area contributed by atoms with Gasteiger partial charge in [-0.2, -0.15) is 0 Å². The summed E-state index contributed by atoms with van der Waals surface area (Å²) in [6.45, 7) is 7.30. The Balaban J connectivity index is 1.64. The summed E-state index contributed by atoms with van der Waals surface area (Å²) in [5.41, 5.74) is 13.5. The van der Waals surface area contributed by atoms with Crippen LogP contribution in [0, 0.1) is 13.8 Å². The monoisotopic (exact) mass is 362 g/mol. The molecule has 0 atom stereocenters. The molecule has 0 saturated heterocycles. The highest BCUT2D eigenvalue weighted by molar-refractivity contribution is 5.53. The van der Waals surface area contributed by atoms with Crippen molar-refractivity contribution in [1.29, 1.82) is 0 Å². The van der Waals surface area contributed by atoms with Crippen LogP contribution < -0.4 is 0 Å². The number of hydrogen-bond donors (Lipinski definition) is 0. The van der Waals surface area contributed by atoms with E-state index in [4.69, 9.17) is 19.4 Å². The van der Waals surface area contributed by atoms with Crippen molar-refractivity contribution in [2.45, 2.75) is 84.2 Å². The van der Waals surface area contributed by atoms with Crippen molar-refractivity contribution >= 4 is 0 Å². The average Bonchev–Trinajstić information content (AvgIpc) is 3.34. The molecular formula is C23H26N2O2. The summed E-state index contributed by atoms with van der Waals surface area (Å²) in [6.07, 6.45) is 7.06. The molecule has 27 heavy (non-hydrogen) atoms. The molecule has 2 aliphatic carbocycles. The second-order valence-corrected chi connectivity index (χ2v) is 8.74. The van der Waals surface area contributed by atoms with Crippen LogP contribution in [0.15, 0.2) is 0 Å². The van der Waals surface area contributed by atoms with Gasteiger partial charge in [0.2, 0.25) is 0 Å². The second kappa shape index (κ2) is 5.62. The standard InChI is InChI=1S/C23H26N2O2/c1-13-17-9-26-11-19(17)15-5-3-7-23(21(15)24-13)8-4-6-16-20-12-27-10-18(20)14(2)25-22(16)23/h3-12H2,1-2H3. The van der Waals surface area contributed by atoms with Crippen LogP contribution >= 0.6 is 0 Å². The molecule has 0 saturated carbocycles. The molecule has 140 valence electrons. The van der Waals surface area contributed by atoms with Crippen LogP contribution in [0.1, 0.15) is 81.8 Å². The third-order valence-corrected chi connectivity index (χ3v) is 7.41. The quantitative estimate of drug-likeness (QED) is 0.707. The van der Waals surface area contributed by atoms with Crippen LogP contribution in [-0.2, 0) is 54.2 Å². The number of aromatic nitrogens is 2. The van der Waals surface area contributed by atoms with Crippen LogP contribution in [0.4, 0.5) is 0 Å². The minimum absolute atomic E-state index is 0.00801. The number of rotatable bonds is 0. The van der Waals surface area contributed by atoms with E-state index in [1.54, 1.807) is 0 Å². The number of aryl methyl sites for hydroxylation is 2. The van der Waals surface area contributed by atoms with Crippen molar-refractivity contribution in [3.63, 3.8) is 0 Å². The summed E-state index contributed by atoms with van der Waals surface area (Å²) in [7, 11) is 0. The van der Waals surface area contributed by atoms with E-state index >= 15 is 0 Å². The maximum absolute atomic E-state index is 5.81. The third kappa shape index (κ3) is 2.06. The van der Waals surface area contributed by atoms with Crippen molar-refractivity contribution < 1.29 is 9.47 Å². The van der Waals surface area contributed by atoms with Crippen molar-refractivity contribution in [2.24, 2.45) is 0 Å². The van der Waals surface area contributed by atoms with E-state index in [0.29, 0.717) is 0 Å². The summed E-state index contributed by atoms with van der Waals surface area (Å²) >= 11 is 0. The molecule has 0 unspecified atom stereocenters. The highest BCUT2D eigenvalue weighted by atomic mass is 16.5.